The molecule has 0 aliphatic rings. The van der Waals surface area contributed by atoms with Gasteiger partial charge in [-0.1, -0.05) is 17.7 Å². The van der Waals surface area contributed by atoms with Crippen molar-refractivity contribution in [1.82, 2.24) is 0 Å². The van der Waals surface area contributed by atoms with E-state index in [-0.39, 0.29) is 29.5 Å². The Morgan fingerprint density at radius 3 is 2.56 bits per heavy atom. The van der Waals surface area contributed by atoms with Crippen LogP contribution in [0.25, 0.3) is 0 Å². The highest BCUT2D eigenvalue weighted by Crippen LogP contribution is 2.31. The minimum absolute atomic E-state index is 0.183. The Morgan fingerprint density at radius 1 is 1.19 bits per heavy atom. The van der Waals surface area contributed by atoms with Gasteiger partial charge in [-0.25, -0.2) is 4.79 Å². The van der Waals surface area contributed by atoms with Gasteiger partial charge in [-0.05, 0) is 53.5 Å². The quantitative estimate of drug-likeness (QED) is 0.616. The van der Waals surface area contributed by atoms with Gasteiger partial charge in [-0.15, -0.1) is 0 Å². The molecule has 0 aliphatic carbocycles. The lowest BCUT2D eigenvalue weighted by Crippen LogP contribution is -2.20. The van der Waals surface area contributed by atoms with Crippen LogP contribution in [0.15, 0.2) is 34.8 Å². The lowest BCUT2D eigenvalue weighted by Gasteiger charge is -2.13. The number of hydrogen-bond acceptors (Lipinski definition) is 5. The summed E-state index contributed by atoms with van der Waals surface area (Å²) in [5, 5.41) is 2.82. The molecule has 0 fully saturated rings. The lowest BCUT2D eigenvalue weighted by molar-refractivity contribution is -0.118. The number of carbonyl (C=O) groups is 2. The Bertz CT molecular complexity index is 856. The summed E-state index contributed by atoms with van der Waals surface area (Å²) in [7, 11) is 1.41. The van der Waals surface area contributed by atoms with Crippen molar-refractivity contribution in [2.24, 2.45) is 0 Å². The predicted molar refractivity (Wildman–Crippen MR) is 107 cm³/mol. The molecule has 2 aromatic rings. The molecule has 2 rings (SSSR count). The van der Waals surface area contributed by atoms with Crippen LogP contribution in [0.2, 0.25) is 5.02 Å². The Kier molecular flexibility index (Phi) is 7.50. The van der Waals surface area contributed by atoms with Crippen molar-refractivity contribution in [3.63, 3.8) is 0 Å². The molecule has 0 heterocycles. The summed E-state index contributed by atoms with van der Waals surface area (Å²) in [5.74, 6) is -0.163. The van der Waals surface area contributed by atoms with Gasteiger partial charge in [0.15, 0.2) is 6.61 Å². The number of rotatable bonds is 7. The zero-order chi connectivity index (χ0) is 20.0. The van der Waals surface area contributed by atoms with Crippen molar-refractivity contribution in [1.29, 1.82) is 0 Å². The number of esters is 1. The summed E-state index contributed by atoms with van der Waals surface area (Å²) in [6, 6.07) is 8.41. The third-order valence-electron chi connectivity index (χ3n) is 3.50. The maximum absolute atomic E-state index is 12.2. The van der Waals surface area contributed by atoms with Crippen molar-refractivity contribution >= 4 is 45.1 Å². The summed E-state index contributed by atoms with van der Waals surface area (Å²) in [6.45, 7) is 3.67. The first-order valence-corrected chi connectivity index (χ1v) is 9.26. The summed E-state index contributed by atoms with van der Waals surface area (Å²) < 4.78 is 16.4. The summed E-state index contributed by atoms with van der Waals surface area (Å²) in [6.07, 6.45) is 0. The van der Waals surface area contributed by atoms with Gasteiger partial charge in [0.25, 0.3) is 5.91 Å². The van der Waals surface area contributed by atoms with E-state index in [4.69, 9.17) is 25.8 Å². The third-order valence-corrected chi connectivity index (χ3v) is 4.44. The zero-order valence-corrected chi connectivity index (χ0v) is 17.4. The molecule has 1 amide bonds. The number of methoxy groups -OCH3 is 1. The van der Waals surface area contributed by atoms with E-state index < -0.39 is 11.9 Å². The normalized spacial score (nSPS) is 10.3. The molecule has 1 N–H and O–H groups in total. The minimum atomic E-state index is -0.554. The summed E-state index contributed by atoms with van der Waals surface area (Å²) >= 11 is 9.57. The average molecular weight is 457 g/mol. The molecule has 2 aromatic carbocycles. The van der Waals surface area contributed by atoms with E-state index in [0.717, 1.165) is 10.0 Å². The number of aryl methyl sites for hydroxylation is 1. The fourth-order valence-electron chi connectivity index (χ4n) is 2.24. The third kappa shape index (κ3) is 5.61. The van der Waals surface area contributed by atoms with Crippen LogP contribution in [0.4, 0.5) is 5.69 Å². The van der Waals surface area contributed by atoms with Crippen LogP contribution in [0.3, 0.4) is 0 Å². The van der Waals surface area contributed by atoms with Crippen LogP contribution in [0.5, 0.6) is 11.5 Å². The fourth-order valence-corrected chi connectivity index (χ4v) is 3.06. The van der Waals surface area contributed by atoms with Crippen LogP contribution >= 0.6 is 27.5 Å². The highest BCUT2D eigenvalue weighted by atomic mass is 79.9. The van der Waals surface area contributed by atoms with Crippen molar-refractivity contribution in [2.45, 2.75) is 13.8 Å². The SMILES string of the molecule is CCOC(=O)c1cc(Cl)c(NC(=O)COc2ccc(C)cc2Br)cc1OC. The van der Waals surface area contributed by atoms with Crippen LogP contribution < -0.4 is 14.8 Å². The van der Waals surface area contributed by atoms with Crippen molar-refractivity contribution in [3.05, 3.63) is 51.0 Å². The number of benzene rings is 2. The zero-order valence-electron chi connectivity index (χ0n) is 15.1. The van der Waals surface area contributed by atoms with Crippen LogP contribution in [0.1, 0.15) is 22.8 Å². The number of ether oxygens (including phenoxy) is 3. The molecule has 0 aliphatic heterocycles. The van der Waals surface area contributed by atoms with E-state index >= 15 is 0 Å². The molecule has 0 radical (unpaired) electrons. The van der Waals surface area contributed by atoms with E-state index in [1.54, 1.807) is 13.0 Å². The Hall–Kier alpha value is -2.25. The molecule has 0 bridgehead atoms. The lowest BCUT2D eigenvalue weighted by atomic mass is 10.1. The largest absolute Gasteiger partial charge is 0.496 e. The predicted octanol–water partition coefficient (Wildman–Crippen LogP) is 4.61. The number of anilines is 1. The van der Waals surface area contributed by atoms with Crippen LogP contribution in [-0.4, -0.2) is 32.2 Å². The monoisotopic (exact) mass is 455 g/mol. The van der Waals surface area contributed by atoms with E-state index in [9.17, 15) is 9.59 Å². The Labute approximate surface area is 170 Å². The van der Waals surface area contributed by atoms with Gasteiger partial charge in [0.05, 0.1) is 28.9 Å². The molecule has 0 saturated carbocycles. The standard InChI is InChI=1S/C19H19BrClNO5/c1-4-26-19(24)12-8-14(21)15(9-17(12)25-3)22-18(23)10-27-16-6-5-11(2)7-13(16)20/h5-9H,4,10H2,1-3H3,(H,22,23). The molecule has 0 aromatic heterocycles. The van der Waals surface area contributed by atoms with Crippen LogP contribution in [-0.2, 0) is 9.53 Å². The molecule has 6 nitrogen and oxygen atoms in total. The van der Waals surface area contributed by atoms with Gasteiger partial charge >= 0.3 is 5.97 Å². The van der Waals surface area contributed by atoms with Crippen molar-refractivity contribution in [2.75, 3.05) is 25.6 Å². The Morgan fingerprint density at radius 2 is 1.93 bits per heavy atom. The van der Waals surface area contributed by atoms with E-state index in [1.165, 1.54) is 19.2 Å². The molecule has 0 spiro atoms. The van der Waals surface area contributed by atoms with Crippen molar-refractivity contribution in [3.8, 4) is 11.5 Å². The minimum Gasteiger partial charge on any atom is -0.496 e. The number of nitrogens with one attached hydrogen (secondary N) is 1. The van der Waals surface area contributed by atoms with Gasteiger partial charge in [0.2, 0.25) is 0 Å². The number of hydrogen-bond donors (Lipinski definition) is 1. The van der Waals surface area contributed by atoms with Gasteiger partial charge in [-0.3, -0.25) is 4.79 Å². The summed E-state index contributed by atoms with van der Waals surface area (Å²) in [4.78, 5) is 24.1. The summed E-state index contributed by atoms with van der Waals surface area (Å²) in [5.41, 5.74) is 1.56. The topological polar surface area (TPSA) is 73.9 Å². The van der Waals surface area contributed by atoms with E-state index in [2.05, 4.69) is 21.2 Å². The van der Waals surface area contributed by atoms with E-state index in [0.29, 0.717) is 11.4 Å². The average Bonchev–Trinajstić information content (AvgIpc) is 2.62. The Balaban J connectivity index is 2.09. The molecule has 8 heteroatoms. The molecule has 0 saturated heterocycles. The molecule has 27 heavy (non-hydrogen) atoms. The first-order valence-electron chi connectivity index (χ1n) is 8.09. The highest BCUT2D eigenvalue weighted by Gasteiger charge is 2.18. The number of amides is 1. The fraction of sp³-hybridized carbons (Fsp3) is 0.263. The van der Waals surface area contributed by atoms with Crippen molar-refractivity contribution < 1.29 is 23.8 Å². The second kappa shape index (κ2) is 9.62. The molecule has 0 unspecified atom stereocenters. The first kappa shape index (κ1) is 21.1. The van der Waals surface area contributed by atoms with Gasteiger partial charge in [-0.2, -0.15) is 0 Å². The van der Waals surface area contributed by atoms with E-state index in [1.807, 2.05) is 19.1 Å². The maximum atomic E-state index is 12.2. The molecular weight excluding hydrogens is 438 g/mol. The molecular formula is C19H19BrClNO5. The smallest absolute Gasteiger partial charge is 0.341 e. The van der Waals surface area contributed by atoms with Gasteiger partial charge < -0.3 is 19.5 Å². The second-order valence-corrected chi connectivity index (χ2v) is 6.79. The number of carbonyl (C=O) groups excluding carboxylic acids is 2. The maximum Gasteiger partial charge on any atom is 0.341 e. The van der Waals surface area contributed by atoms with Crippen LogP contribution in [0, 0.1) is 6.92 Å². The molecule has 144 valence electrons. The molecule has 0 atom stereocenters. The number of halogens is 2. The second-order valence-electron chi connectivity index (χ2n) is 5.52. The first-order chi connectivity index (χ1) is 12.8. The highest BCUT2D eigenvalue weighted by molar-refractivity contribution is 9.10. The van der Waals surface area contributed by atoms with Gasteiger partial charge in [0, 0.05) is 6.07 Å². The van der Waals surface area contributed by atoms with Gasteiger partial charge in [0.1, 0.15) is 17.1 Å².